The van der Waals surface area contributed by atoms with Gasteiger partial charge >= 0.3 is 0 Å². The molecular formula is C12H20N2O2S. The summed E-state index contributed by atoms with van der Waals surface area (Å²) in [5.74, 6) is 0.0372. The van der Waals surface area contributed by atoms with E-state index in [1.165, 1.54) is 0 Å². The van der Waals surface area contributed by atoms with Crippen LogP contribution < -0.4 is 10.0 Å². The number of rotatable bonds is 7. The Morgan fingerprint density at radius 1 is 1.12 bits per heavy atom. The molecule has 0 bridgehead atoms. The fraction of sp³-hybridized carbons (Fsp3) is 0.500. The molecule has 1 aromatic carbocycles. The first-order valence-corrected chi connectivity index (χ1v) is 7.39. The highest BCUT2D eigenvalue weighted by molar-refractivity contribution is 7.88. The molecule has 0 unspecified atom stereocenters. The summed E-state index contributed by atoms with van der Waals surface area (Å²) in [7, 11) is -3.22. The summed E-state index contributed by atoms with van der Waals surface area (Å²) < 4.78 is 26.0. The van der Waals surface area contributed by atoms with E-state index >= 15 is 0 Å². The number of sulfonamides is 1. The summed E-state index contributed by atoms with van der Waals surface area (Å²) in [6.07, 6.45) is 0. The van der Waals surface area contributed by atoms with Crippen LogP contribution in [0.5, 0.6) is 0 Å². The molecule has 0 radical (unpaired) electrons. The van der Waals surface area contributed by atoms with Gasteiger partial charge < -0.3 is 5.32 Å². The maximum atomic E-state index is 11.7. The molecule has 0 aliphatic carbocycles. The fourth-order valence-corrected chi connectivity index (χ4v) is 2.56. The van der Waals surface area contributed by atoms with Crippen molar-refractivity contribution in [1.82, 2.24) is 10.0 Å². The Morgan fingerprint density at radius 2 is 1.76 bits per heavy atom. The van der Waals surface area contributed by atoms with Gasteiger partial charge in [-0.25, -0.2) is 13.1 Å². The van der Waals surface area contributed by atoms with Gasteiger partial charge in [0.05, 0.1) is 5.75 Å². The minimum Gasteiger partial charge on any atom is -0.313 e. The van der Waals surface area contributed by atoms with E-state index in [1.54, 1.807) is 0 Å². The molecule has 0 aromatic heterocycles. The van der Waals surface area contributed by atoms with E-state index in [0.29, 0.717) is 19.1 Å². The first-order chi connectivity index (χ1) is 7.99. The van der Waals surface area contributed by atoms with E-state index in [-0.39, 0.29) is 5.75 Å². The SMILES string of the molecule is CC(C)NCCNS(=O)(=O)Cc1ccccc1. The predicted octanol–water partition coefficient (Wildman–Crippen LogP) is 1.10. The first-order valence-electron chi connectivity index (χ1n) is 5.74. The molecule has 0 heterocycles. The van der Waals surface area contributed by atoms with Crippen molar-refractivity contribution < 1.29 is 8.42 Å². The van der Waals surface area contributed by atoms with Gasteiger partial charge in [-0.05, 0) is 5.56 Å². The number of benzene rings is 1. The third-order valence-corrected chi connectivity index (χ3v) is 3.56. The van der Waals surface area contributed by atoms with E-state index in [9.17, 15) is 8.42 Å². The molecule has 0 spiro atoms. The van der Waals surface area contributed by atoms with Crippen molar-refractivity contribution >= 4 is 10.0 Å². The highest BCUT2D eigenvalue weighted by Gasteiger charge is 2.10. The molecule has 0 fully saturated rings. The fourth-order valence-electron chi connectivity index (χ4n) is 1.41. The molecule has 0 atom stereocenters. The van der Waals surface area contributed by atoms with Gasteiger partial charge in [0.25, 0.3) is 0 Å². The Hall–Kier alpha value is -0.910. The first kappa shape index (κ1) is 14.2. The van der Waals surface area contributed by atoms with E-state index in [2.05, 4.69) is 10.0 Å². The van der Waals surface area contributed by atoms with Crippen LogP contribution in [0.2, 0.25) is 0 Å². The minimum atomic E-state index is -3.22. The van der Waals surface area contributed by atoms with Crippen LogP contribution >= 0.6 is 0 Å². The van der Waals surface area contributed by atoms with Crippen LogP contribution in [-0.4, -0.2) is 27.5 Å². The van der Waals surface area contributed by atoms with Gasteiger partial charge in [-0.15, -0.1) is 0 Å². The molecule has 5 heteroatoms. The Morgan fingerprint density at radius 3 is 2.35 bits per heavy atom. The zero-order chi connectivity index (χ0) is 12.7. The number of hydrogen-bond donors (Lipinski definition) is 2. The van der Waals surface area contributed by atoms with Crippen LogP contribution in [0, 0.1) is 0 Å². The normalized spacial score (nSPS) is 11.9. The lowest BCUT2D eigenvalue weighted by molar-refractivity contribution is 0.559. The lowest BCUT2D eigenvalue weighted by Gasteiger charge is -2.09. The lowest BCUT2D eigenvalue weighted by atomic mass is 10.2. The smallest absolute Gasteiger partial charge is 0.215 e. The topological polar surface area (TPSA) is 58.2 Å². The average Bonchev–Trinajstić information content (AvgIpc) is 2.25. The molecule has 1 rings (SSSR count). The third kappa shape index (κ3) is 6.41. The van der Waals surface area contributed by atoms with Crippen LogP contribution in [0.25, 0.3) is 0 Å². The van der Waals surface area contributed by atoms with Gasteiger partial charge in [0.15, 0.2) is 0 Å². The number of nitrogens with one attached hydrogen (secondary N) is 2. The summed E-state index contributed by atoms with van der Waals surface area (Å²) in [6, 6.07) is 9.54. The standard InChI is InChI=1S/C12H20N2O2S/c1-11(2)13-8-9-14-17(15,16)10-12-6-4-3-5-7-12/h3-7,11,13-14H,8-10H2,1-2H3. The predicted molar refractivity (Wildman–Crippen MR) is 70.2 cm³/mol. The molecule has 1 aromatic rings. The zero-order valence-electron chi connectivity index (χ0n) is 10.3. The van der Waals surface area contributed by atoms with Crippen molar-refractivity contribution in [3.8, 4) is 0 Å². The van der Waals surface area contributed by atoms with E-state index < -0.39 is 10.0 Å². The minimum absolute atomic E-state index is 0.0372. The molecular weight excluding hydrogens is 236 g/mol. The quantitative estimate of drug-likeness (QED) is 0.718. The second-order valence-electron chi connectivity index (χ2n) is 4.25. The Bertz CT molecular complexity index is 415. The van der Waals surface area contributed by atoms with E-state index in [0.717, 1.165) is 5.56 Å². The molecule has 0 saturated carbocycles. The van der Waals surface area contributed by atoms with Crippen molar-refractivity contribution in [3.05, 3.63) is 35.9 Å². The van der Waals surface area contributed by atoms with Gasteiger partial charge in [-0.3, -0.25) is 0 Å². The summed E-state index contributed by atoms with van der Waals surface area (Å²) >= 11 is 0. The molecule has 0 amide bonds. The van der Waals surface area contributed by atoms with Crippen molar-refractivity contribution in [2.45, 2.75) is 25.6 Å². The third-order valence-electron chi connectivity index (χ3n) is 2.20. The Kier molecular flexibility index (Phi) is 5.61. The molecule has 96 valence electrons. The monoisotopic (exact) mass is 256 g/mol. The molecule has 0 aliphatic heterocycles. The van der Waals surface area contributed by atoms with Crippen LogP contribution in [0.15, 0.2) is 30.3 Å². The zero-order valence-corrected chi connectivity index (χ0v) is 11.1. The van der Waals surface area contributed by atoms with Crippen molar-refractivity contribution in [2.24, 2.45) is 0 Å². The lowest BCUT2D eigenvalue weighted by Crippen LogP contribution is -2.35. The van der Waals surface area contributed by atoms with Crippen molar-refractivity contribution in [3.63, 3.8) is 0 Å². The maximum Gasteiger partial charge on any atom is 0.215 e. The van der Waals surface area contributed by atoms with Gasteiger partial charge in [0, 0.05) is 19.1 Å². The summed E-state index contributed by atoms with van der Waals surface area (Å²) in [5.41, 5.74) is 0.803. The highest BCUT2D eigenvalue weighted by Crippen LogP contribution is 2.03. The van der Waals surface area contributed by atoms with E-state index in [1.807, 2.05) is 44.2 Å². The van der Waals surface area contributed by atoms with Gasteiger partial charge in [-0.1, -0.05) is 44.2 Å². The maximum absolute atomic E-state index is 11.7. The average molecular weight is 256 g/mol. The summed E-state index contributed by atoms with van der Waals surface area (Å²) in [6.45, 7) is 5.12. The van der Waals surface area contributed by atoms with E-state index in [4.69, 9.17) is 0 Å². The molecule has 2 N–H and O–H groups in total. The van der Waals surface area contributed by atoms with Gasteiger partial charge in [0.1, 0.15) is 0 Å². The second kappa shape index (κ2) is 6.74. The van der Waals surface area contributed by atoms with Crippen molar-refractivity contribution in [2.75, 3.05) is 13.1 Å². The highest BCUT2D eigenvalue weighted by atomic mass is 32.2. The second-order valence-corrected chi connectivity index (χ2v) is 6.05. The largest absolute Gasteiger partial charge is 0.313 e. The molecule has 17 heavy (non-hydrogen) atoms. The summed E-state index contributed by atoms with van der Waals surface area (Å²) in [4.78, 5) is 0. The molecule has 0 saturated heterocycles. The van der Waals surface area contributed by atoms with Crippen LogP contribution in [0.3, 0.4) is 0 Å². The Labute approximate surface area is 103 Å². The van der Waals surface area contributed by atoms with Gasteiger partial charge in [0.2, 0.25) is 10.0 Å². The van der Waals surface area contributed by atoms with Crippen LogP contribution in [-0.2, 0) is 15.8 Å². The van der Waals surface area contributed by atoms with Crippen LogP contribution in [0.4, 0.5) is 0 Å². The van der Waals surface area contributed by atoms with Crippen molar-refractivity contribution in [1.29, 1.82) is 0 Å². The number of hydrogen-bond acceptors (Lipinski definition) is 3. The van der Waals surface area contributed by atoms with Gasteiger partial charge in [-0.2, -0.15) is 0 Å². The molecule has 4 nitrogen and oxygen atoms in total. The van der Waals surface area contributed by atoms with Crippen LogP contribution in [0.1, 0.15) is 19.4 Å². The Balaban J connectivity index is 2.37. The summed E-state index contributed by atoms with van der Waals surface area (Å²) in [5, 5.41) is 3.15. The molecule has 0 aliphatic rings.